The highest BCUT2D eigenvalue weighted by atomic mass is 35.5. The fraction of sp³-hybridized carbons (Fsp3) is 0.500. The molecular formula is C12H17ClFN. The molecule has 1 nitrogen and oxygen atoms in total. The van der Waals surface area contributed by atoms with Crippen LogP contribution in [0, 0.1) is 5.82 Å². The van der Waals surface area contributed by atoms with Crippen LogP contribution in [0.4, 0.5) is 4.39 Å². The van der Waals surface area contributed by atoms with Crippen molar-refractivity contribution in [1.29, 1.82) is 0 Å². The van der Waals surface area contributed by atoms with E-state index in [0.29, 0.717) is 6.04 Å². The van der Waals surface area contributed by atoms with E-state index in [-0.39, 0.29) is 16.9 Å². The maximum Gasteiger partial charge on any atom is 0.141 e. The summed E-state index contributed by atoms with van der Waals surface area (Å²) in [6, 6.07) is 5.58. The molecule has 0 radical (unpaired) electrons. The largest absolute Gasteiger partial charge is 0.297 e. The van der Waals surface area contributed by atoms with E-state index in [1.165, 1.54) is 6.07 Å². The molecule has 0 saturated heterocycles. The van der Waals surface area contributed by atoms with Crippen LogP contribution in [-0.4, -0.2) is 18.0 Å². The molecule has 0 bridgehead atoms. The quantitative estimate of drug-likeness (QED) is 0.760. The average Bonchev–Trinajstić information content (AvgIpc) is 2.19. The van der Waals surface area contributed by atoms with Crippen LogP contribution < -0.4 is 0 Å². The monoisotopic (exact) mass is 229 g/mol. The molecule has 0 saturated carbocycles. The summed E-state index contributed by atoms with van der Waals surface area (Å²) in [6.07, 6.45) is 0. The normalized spacial score (nSPS) is 13.6. The first kappa shape index (κ1) is 12.5. The molecule has 1 aromatic carbocycles. The number of rotatable bonds is 3. The van der Waals surface area contributed by atoms with Crippen LogP contribution in [0.5, 0.6) is 0 Å². The Labute approximate surface area is 95.8 Å². The smallest absolute Gasteiger partial charge is 0.141 e. The second kappa shape index (κ2) is 4.95. The highest BCUT2D eigenvalue weighted by Gasteiger charge is 2.15. The molecule has 0 amide bonds. The first-order valence-electron chi connectivity index (χ1n) is 5.10. The SMILES string of the molecule is CC(C)N(C)[C@H](C)c1ccc(F)c(Cl)c1. The molecule has 15 heavy (non-hydrogen) atoms. The molecule has 0 N–H and O–H groups in total. The Morgan fingerprint density at radius 2 is 1.87 bits per heavy atom. The Hall–Kier alpha value is -0.600. The van der Waals surface area contributed by atoms with Crippen LogP contribution in [0.15, 0.2) is 18.2 Å². The zero-order valence-electron chi connectivity index (χ0n) is 9.59. The predicted octanol–water partition coefficient (Wildman–Crippen LogP) is 3.88. The van der Waals surface area contributed by atoms with E-state index in [4.69, 9.17) is 11.6 Å². The summed E-state index contributed by atoms with van der Waals surface area (Å²) in [4.78, 5) is 2.21. The highest BCUT2D eigenvalue weighted by Crippen LogP contribution is 2.24. The molecule has 3 heteroatoms. The summed E-state index contributed by atoms with van der Waals surface area (Å²) in [7, 11) is 2.05. The van der Waals surface area contributed by atoms with Gasteiger partial charge in [0.1, 0.15) is 5.82 Å². The molecule has 0 aliphatic rings. The van der Waals surface area contributed by atoms with E-state index in [2.05, 4.69) is 25.7 Å². The van der Waals surface area contributed by atoms with E-state index < -0.39 is 0 Å². The van der Waals surface area contributed by atoms with Crippen LogP contribution in [0.3, 0.4) is 0 Å². The van der Waals surface area contributed by atoms with Gasteiger partial charge in [0.25, 0.3) is 0 Å². The third-order valence-corrected chi connectivity index (χ3v) is 3.14. The average molecular weight is 230 g/mol. The lowest BCUT2D eigenvalue weighted by atomic mass is 10.1. The van der Waals surface area contributed by atoms with Gasteiger partial charge in [0.2, 0.25) is 0 Å². The Morgan fingerprint density at radius 1 is 1.27 bits per heavy atom. The third-order valence-electron chi connectivity index (χ3n) is 2.85. The maximum absolute atomic E-state index is 13.0. The van der Waals surface area contributed by atoms with Crippen LogP contribution in [0.2, 0.25) is 5.02 Å². The van der Waals surface area contributed by atoms with E-state index in [1.807, 2.05) is 7.05 Å². The second-order valence-electron chi connectivity index (χ2n) is 4.11. The van der Waals surface area contributed by atoms with Crippen molar-refractivity contribution in [2.75, 3.05) is 7.05 Å². The van der Waals surface area contributed by atoms with Crippen LogP contribution in [0.25, 0.3) is 0 Å². The van der Waals surface area contributed by atoms with E-state index >= 15 is 0 Å². The molecule has 0 aromatic heterocycles. The first-order valence-corrected chi connectivity index (χ1v) is 5.48. The van der Waals surface area contributed by atoms with Gasteiger partial charge in [0.15, 0.2) is 0 Å². The molecule has 0 aliphatic carbocycles. The van der Waals surface area contributed by atoms with Gasteiger partial charge in [-0.2, -0.15) is 0 Å². The number of hydrogen-bond acceptors (Lipinski definition) is 1. The van der Waals surface area contributed by atoms with Gasteiger partial charge in [-0.1, -0.05) is 17.7 Å². The molecule has 0 unspecified atom stereocenters. The van der Waals surface area contributed by atoms with Crippen molar-refractivity contribution >= 4 is 11.6 Å². The standard InChI is InChI=1S/C12H17ClFN/c1-8(2)15(4)9(3)10-5-6-12(14)11(13)7-10/h5-9H,1-4H3/t9-/m1/s1. The Morgan fingerprint density at radius 3 is 2.33 bits per heavy atom. The minimum Gasteiger partial charge on any atom is -0.297 e. The van der Waals surface area contributed by atoms with Crippen LogP contribution in [0.1, 0.15) is 32.4 Å². The van der Waals surface area contributed by atoms with Crippen molar-refractivity contribution in [2.24, 2.45) is 0 Å². The number of benzene rings is 1. The van der Waals surface area contributed by atoms with Crippen molar-refractivity contribution in [3.63, 3.8) is 0 Å². The molecule has 0 aliphatic heterocycles. The first-order chi connectivity index (χ1) is 6.93. The van der Waals surface area contributed by atoms with Crippen molar-refractivity contribution in [3.8, 4) is 0 Å². The zero-order valence-corrected chi connectivity index (χ0v) is 10.3. The molecular weight excluding hydrogens is 213 g/mol. The molecule has 84 valence electrons. The Kier molecular flexibility index (Phi) is 4.12. The van der Waals surface area contributed by atoms with Gasteiger partial charge in [-0.3, -0.25) is 4.90 Å². The van der Waals surface area contributed by atoms with Crippen molar-refractivity contribution < 1.29 is 4.39 Å². The summed E-state index contributed by atoms with van der Waals surface area (Å²) >= 11 is 5.75. The zero-order chi connectivity index (χ0) is 11.6. The fourth-order valence-electron chi connectivity index (χ4n) is 1.45. The minimum absolute atomic E-state index is 0.191. The Balaban J connectivity index is 2.91. The van der Waals surface area contributed by atoms with E-state index in [0.717, 1.165) is 5.56 Å². The van der Waals surface area contributed by atoms with Crippen LogP contribution >= 0.6 is 11.6 Å². The summed E-state index contributed by atoms with van der Waals surface area (Å²) in [6.45, 7) is 6.34. The van der Waals surface area contributed by atoms with E-state index in [1.54, 1.807) is 12.1 Å². The third kappa shape index (κ3) is 2.93. The molecule has 1 atom stereocenters. The van der Waals surface area contributed by atoms with Crippen molar-refractivity contribution in [3.05, 3.63) is 34.6 Å². The number of halogens is 2. The summed E-state index contributed by atoms with van der Waals surface area (Å²) in [5, 5.41) is 0.191. The molecule has 0 fully saturated rings. The molecule has 1 aromatic rings. The van der Waals surface area contributed by atoms with Gasteiger partial charge < -0.3 is 0 Å². The summed E-state index contributed by atoms with van der Waals surface area (Å²) in [5.74, 6) is -0.361. The van der Waals surface area contributed by atoms with Gasteiger partial charge in [-0.25, -0.2) is 4.39 Å². The highest BCUT2D eigenvalue weighted by molar-refractivity contribution is 6.30. The molecule has 0 spiro atoms. The molecule has 0 heterocycles. The van der Waals surface area contributed by atoms with Gasteiger partial charge in [-0.05, 0) is 45.5 Å². The fourth-order valence-corrected chi connectivity index (χ4v) is 1.64. The lowest BCUT2D eigenvalue weighted by Gasteiger charge is -2.28. The Bertz CT molecular complexity index is 338. The number of nitrogens with zero attached hydrogens (tertiary/aromatic N) is 1. The second-order valence-corrected chi connectivity index (χ2v) is 4.52. The summed E-state index contributed by atoms with van der Waals surface area (Å²) < 4.78 is 13.0. The van der Waals surface area contributed by atoms with E-state index in [9.17, 15) is 4.39 Å². The lowest BCUT2D eigenvalue weighted by Crippen LogP contribution is -2.29. The summed E-state index contributed by atoms with van der Waals surface area (Å²) in [5.41, 5.74) is 1.04. The minimum atomic E-state index is -0.361. The topological polar surface area (TPSA) is 3.24 Å². The van der Waals surface area contributed by atoms with Crippen LogP contribution in [-0.2, 0) is 0 Å². The van der Waals surface area contributed by atoms with Gasteiger partial charge >= 0.3 is 0 Å². The lowest BCUT2D eigenvalue weighted by molar-refractivity contribution is 0.210. The van der Waals surface area contributed by atoms with Crippen molar-refractivity contribution in [2.45, 2.75) is 32.9 Å². The maximum atomic E-state index is 13.0. The predicted molar refractivity (Wildman–Crippen MR) is 62.7 cm³/mol. The van der Waals surface area contributed by atoms with Gasteiger partial charge in [0, 0.05) is 12.1 Å². The van der Waals surface area contributed by atoms with Gasteiger partial charge in [0.05, 0.1) is 5.02 Å². The van der Waals surface area contributed by atoms with Crippen molar-refractivity contribution in [1.82, 2.24) is 4.90 Å². The van der Waals surface area contributed by atoms with Gasteiger partial charge in [-0.15, -0.1) is 0 Å². The number of hydrogen-bond donors (Lipinski definition) is 0. The molecule has 1 rings (SSSR count).